The van der Waals surface area contributed by atoms with E-state index in [0.29, 0.717) is 57.4 Å². The third-order valence-electron chi connectivity index (χ3n) is 5.51. The van der Waals surface area contributed by atoms with E-state index in [9.17, 15) is 9.18 Å². The quantitative estimate of drug-likeness (QED) is 0.615. The molecule has 0 saturated carbocycles. The van der Waals surface area contributed by atoms with Crippen LogP contribution in [0.1, 0.15) is 15.9 Å². The number of nitrogens with zero attached hydrogens (tertiary/aromatic N) is 2. The monoisotopic (exact) mass is 432 g/mol. The molecule has 0 spiro atoms. The number of anilines is 1. The minimum absolute atomic E-state index is 0.0267. The van der Waals surface area contributed by atoms with E-state index in [4.69, 9.17) is 22.1 Å². The predicted octanol–water partition coefficient (Wildman–Crippen LogP) is 3.45. The van der Waals surface area contributed by atoms with Crippen molar-refractivity contribution in [3.05, 3.63) is 40.2 Å². The molecular formula is C20H18ClFN4O2S. The Balaban J connectivity index is 1.71. The van der Waals surface area contributed by atoms with E-state index in [-0.39, 0.29) is 22.9 Å². The number of hydrogen-bond acceptors (Lipinski definition) is 6. The fraction of sp³-hybridized carbons (Fsp3) is 0.300. The summed E-state index contributed by atoms with van der Waals surface area (Å²) in [5.74, 6) is 0.0597. The summed E-state index contributed by atoms with van der Waals surface area (Å²) in [6, 6.07) is 4.65. The molecule has 1 amide bonds. The SMILES string of the molecule is Cc1c2c(cc(Cl)c1-c1ccc(F)c3sc(N)nc13)C(=O)N1CCNC[C@@H]1CO2. The number of nitrogen functional groups attached to an aromatic ring is 1. The van der Waals surface area contributed by atoms with Gasteiger partial charge in [-0.05, 0) is 25.1 Å². The lowest BCUT2D eigenvalue weighted by Gasteiger charge is -2.33. The van der Waals surface area contributed by atoms with Gasteiger partial charge in [-0.25, -0.2) is 9.37 Å². The number of benzene rings is 2. The van der Waals surface area contributed by atoms with Crippen molar-refractivity contribution in [3.63, 3.8) is 0 Å². The van der Waals surface area contributed by atoms with Crippen LogP contribution in [0.15, 0.2) is 18.2 Å². The van der Waals surface area contributed by atoms with Gasteiger partial charge in [0.1, 0.15) is 18.2 Å². The zero-order valence-electron chi connectivity index (χ0n) is 15.6. The van der Waals surface area contributed by atoms with Crippen LogP contribution in [0.2, 0.25) is 5.02 Å². The predicted molar refractivity (Wildman–Crippen MR) is 112 cm³/mol. The number of nitrogens with two attached hydrogens (primary N) is 1. The van der Waals surface area contributed by atoms with Gasteiger partial charge in [-0.3, -0.25) is 4.79 Å². The lowest BCUT2D eigenvalue weighted by Crippen LogP contribution is -2.54. The topological polar surface area (TPSA) is 80.5 Å². The minimum Gasteiger partial charge on any atom is -0.490 e. The Labute approximate surface area is 175 Å². The Kier molecular flexibility index (Phi) is 4.38. The van der Waals surface area contributed by atoms with Crippen LogP contribution in [0.5, 0.6) is 5.75 Å². The molecule has 9 heteroatoms. The summed E-state index contributed by atoms with van der Waals surface area (Å²) in [6.07, 6.45) is 0. The van der Waals surface area contributed by atoms with Crippen molar-refractivity contribution in [1.82, 2.24) is 15.2 Å². The summed E-state index contributed by atoms with van der Waals surface area (Å²) < 4.78 is 20.7. The van der Waals surface area contributed by atoms with Gasteiger partial charge in [0.2, 0.25) is 0 Å². The van der Waals surface area contributed by atoms with E-state index in [1.807, 2.05) is 11.8 Å². The second-order valence-electron chi connectivity index (χ2n) is 7.23. The fourth-order valence-corrected chi connectivity index (χ4v) is 5.26. The molecule has 6 nitrogen and oxygen atoms in total. The Morgan fingerprint density at radius 3 is 3.07 bits per heavy atom. The highest BCUT2D eigenvalue weighted by molar-refractivity contribution is 7.22. The molecule has 1 aromatic heterocycles. The molecule has 0 bridgehead atoms. The van der Waals surface area contributed by atoms with E-state index in [1.54, 1.807) is 12.1 Å². The van der Waals surface area contributed by atoms with E-state index in [1.165, 1.54) is 6.07 Å². The molecular weight excluding hydrogens is 415 g/mol. The molecule has 29 heavy (non-hydrogen) atoms. The number of carbonyl (C=O) groups excluding carboxylic acids is 1. The maximum Gasteiger partial charge on any atom is 0.258 e. The van der Waals surface area contributed by atoms with Crippen LogP contribution in [0.25, 0.3) is 21.3 Å². The molecule has 0 aliphatic carbocycles. The smallest absolute Gasteiger partial charge is 0.258 e. The molecule has 3 N–H and O–H groups in total. The molecule has 2 aliphatic heterocycles. The molecule has 2 aromatic carbocycles. The van der Waals surface area contributed by atoms with Crippen molar-refractivity contribution < 1.29 is 13.9 Å². The Morgan fingerprint density at radius 1 is 1.41 bits per heavy atom. The zero-order chi connectivity index (χ0) is 20.3. The van der Waals surface area contributed by atoms with Crippen LogP contribution < -0.4 is 15.8 Å². The van der Waals surface area contributed by atoms with E-state index in [2.05, 4.69) is 10.3 Å². The lowest BCUT2D eigenvalue weighted by atomic mass is 9.95. The largest absolute Gasteiger partial charge is 0.490 e. The first-order valence-corrected chi connectivity index (χ1v) is 10.5. The number of nitrogens with one attached hydrogen (secondary N) is 1. The van der Waals surface area contributed by atoms with Crippen molar-refractivity contribution >= 4 is 44.2 Å². The van der Waals surface area contributed by atoms with Gasteiger partial charge in [-0.15, -0.1) is 0 Å². The van der Waals surface area contributed by atoms with Crippen molar-refractivity contribution in [2.24, 2.45) is 0 Å². The van der Waals surface area contributed by atoms with Crippen LogP contribution in [0, 0.1) is 12.7 Å². The zero-order valence-corrected chi connectivity index (χ0v) is 17.2. The van der Waals surface area contributed by atoms with Gasteiger partial charge < -0.3 is 20.7 Å². The molecule has 2 aliphatic rings. The Morgan fingerprint density at radius 2 is 2.24 bits per heavy atom. The van der Waals surface area contributed by atoms with Crippen LogP contribution in [-0.2, 0) is 0 Å². The van der Waals surface area contributed by atoms with Crippen molar-refractivity contribution in [1.29, 1.82) is 0 Å². The van der Waals surface area contributed by atoms with Crippen molar-refractivity contribution in [2.75, 3.05) is 32.0 Å². The standard InChI is InChI=1S/C20H18ClFN4O2S/c1-9-15(11-2-3-14(22)18-16(11)25-20(23)29-18)13(21)6-12-17(9)28-8-10-7-24-4-5-26(10)19(12)27/h2-3,6,10,24H,4-5,7-8H2,1H3,(H2,23,25)/t10-/m1/s1. The molecule has 1 fully saturated rings. The molecule has 1 saturated heterocycles. The summed E-state index contributed by atoms with van der Waals surface area (Å²) in [5, 5.41) is 3.97. The average molecular weight is 433 g/mol. The van der Waals surface area contributed by atoms with Crippen molar-refractivity contribution in [2.45, 2.75) is 13.0 Å². The number of hydrogen-bond donors (Lipinski definition) is 2. The number of amides is 1. The minimum atomic E-state index is -0.378. The highest BCUT2D eigenvalue weighted by atomic mass is 35.5. The number of carbonyl (C=O) groups is 1. The van der Waals surface area contributed by atoms with E-state index < -0.39 is 0 Å². The van der Waals surface area contributed by atoms with Crippen LogP contribution in [0.4, 0.5) is 9.52 Å². The highest BCUT2D eigenvalue weighted by Gasteiger charge is 2.34. The lowest BCUT2D eigenvalue weighted by molar-refractivity contribution is 0.0606. The van der Waals surface area contributed by atoms with Gasteiger partial charge in [0.15, 0.2) is 5.13 Å². The number of ether oxygens (including phenoxy) is 1. The molecule has 3 heterocycles. The summed E-state index contributed by atoms with van der Waals surface area (Å²) in [5.41, 5.74) is 8.81. The number of piperazine rings is 1. The molecule has 0 radical (unpaired) electrons. The molecule has 1 atom stereocenters. The third kappa shape index (κ3) is 2.86. The maximum atomic E-state index is 14.2. The summed E-state index contributed by atoms with van der Waals surface area (Å²) in [4.78, 5) is 19.3. The highest BCUT2D eigenvalue weighted by Crippen LogP contribution is 2.44. The number of thiazole rings is 1. The fourth-order valence-electron chi connectivity index (χ4n) is 4.14. The molecule has 0 unspecified atom stereocenters. The number of rotatable bonds is 1. The first kappa shape index (κ1) is 18.6. The summed E-state index contributed by atoms with van der Waals surface area (Å²) in [7, 11) is 0. The van der Waals surface area contributed by atoms with E-state index >= 15 is 0 Å². The summed E-state index contributed by atoms with van der Waals surface area (Å²) in [6.45, 7) is 4.33. The Bertz CT molecular complexity index is 1170. The van der Waals surface area contributed by atoms with Gasteiger partial charge >= 0.3 is 0 Å². The van der Waals surface area contributed by atoms with E-state index in [0.717, 1.165) is 23.4 Å². The molecule has 150 valence electrons. The van der Waals surface area contributed by atoms with Gasteiger partial charge in [-0.1, -0.05) is 22.9 Å². The van der Waals surface area contributed by atoms with Gasteiger partial charge in [0.05, 0.1) is 21.8 Å². The normalized spacial score (nSPS) is 18.9. The van der Waals surface area contributed by atoms with Crippen LogP contribution in [0.3, 0.4) is 0 Å². The first-order chi connectivity index (χ1) is 14.0. The van der Waals surface area contributed by atoms with Crippen LogP contribution >= 0.6 is 22.9 Å². The summed E-state index contributed by atoms with van der Waals surface area (Å²) >= 11 is 7.75. The second kappa shape index (κ2) is 6.83. The van der Waals surface area contributed by atoms with Crippen molar-refractivity contribution in [3.8, 4) is 16.9 Å². The molecule has 3 aromatic rings. The number of aromatic nitrogens is 1. The van der Waals surface area contributed by atoms with Gasteiger partial charge in [0.25, 0.3) is 5.91 Å². The third-order valence-corrected chi connectivity index (χ3v) is 6.70. The molecule has 5 rings (SSSR count). The van der Waals surface area contributed by atoms with Crippen LogP contribution in [-0.4, -0.2) is 48.1 Å². The van der Waals surface area contributed by atoms with Gasteiger partial charge in [-0.2, -0.15) is 0 Å². The van der Waals surface area contributed by atoms with Gasteiger partial charge in [0, 0.05) is 41.3 Å². The average Bonchev–Trinajstić information content (AvgIpc) is 3.04. The maximum absolute atomic E-state index is 14.2. The first-order valence-electron chi connectivity index (χ1n) is 9.28. The number of halogens is 2. The number of fused-ring (bicyclic) bond motifs is 3. The Hall–Kier alpha value is -2.42. The second-order valence-corrected chi connectivity index (χ2v) is 8.67.